The summed E-state index contributed by atoms with van der Waals surface area (Å²) in [5.41, 5.74) is 1.31. The van der Waals surface area contributed by atoms with Crippen molar-refractivity contribution in [2.45, 2.75) is 31.8 Å². The van der Waals surface area contributed by atoms with E-state index in [9.17, 15) is 4.79 Å². The number of hydroxylamine groups is 2. The quantitative estimate of drug-likeness (QED) is 0.861. The Morgan fingerprint density at radius 1 is 1.22 bits per heavy atom. The summed E-state index contributed by atoms with van der Waals surface area (Å²) in [5.74, 6) is 0.153. The lowest BCUT2D eigenvalue weighted by molar-refractivity contribution is -0.177. The molecule has 122 valence electrons. The SMILES string of the molecule is CON(C)C(=O)C1CC(N[C@H](C)c2cccc3ccccc23)C1. The Balaban J connectivity index is 1.62. The molecule has 0 bridgehead atoms. The number of carbonyl (C=O) groups is 1. The van der Waals surface area contributed by atoms with Gasteiger partial charge in [0.15, 0.2) is 0 Å². The van der Waals surface area contributed by atoms with Crippen LogP contribution >= 0.6 is 0 Å². The van der Waals surface area contributed by atoms with Crippen LogP contribution in [0.2, 0.25) is 0 Å². The lowest BCUT2D eigenvalue weighted by atomic mass is 9.79. The van der Waals surface area contributed by atoms with Crippen molar-refractivity contribution in [3.63, 3.8) is 0 Å². The van der Waals surface area contributed by atoms with Crippen LogP contribution in [0.4, 0.5) is 0 Å². The van der Waals surface area contributed by atoms with Crippen molar-refractivity contribution in [3.8, 4) is 0 Å². The maximum atomic E-state index is 12.0. The number of nitrogens with one attached hydrogen (secondary N) is 1. The molecular formula is C19H24N2O2. The first kappa shape index (κ1) is 16.0. The van der Waals surface area contributed by atoms with E-state index in [1.165, 1.54) is 28.5 Å². The smallest absolute Gasteiger partial charge is 0.249 e. The van der Waals surface area contributed by atoms with Crippen LogP contribution in [0.5, 0.6) is 0 Å². The minimum atomic E-state index is 0.0726. The molecule has 1 aliphatic rings. The molecule has 0 spiro atoms. The van der Waals surface area contributed by atoms with Crippen molar-refractivity contribution < 1.29 is 9.63 Å². The van der Waals surface area contributed by atoms with Gasteiger partial charge in [0.1, 0.15) is 0 Å². The molecule has 0 radical (unpaired) electrons. The van der Waals surface area contributed by atoms with Gasteiger partial charge in [-0.1, -0.05) is 42.5 Å². The summed E-state index contributed by atoms with van der Waals surface area (Å²) in [6.07, 6.45) is 1.75. The molecule has 2 aromatic carbocycles. The van der Waals surface area contributed by atoms with Crippen LogP contribution in [0.15, 0.2) is 42.5 Å². The van der Waals surface area contributed by atoms with Crippen molar-refractivity contribution >= 4 is 16.7 Å². The number of nitrogens with zero attached hydrogens (tertiary/aromatic N) is 1. The minimum Gasteiger partial charge on any atom is -0.307 e. The molecular weight excluding hydrogens is 288 g/mol. The number of fused-ring (bicyclic) bond motifs is 1. The van der Waals surface area contributed by atoms with Gasteiger partial charge in [-0.15, -0.1) is 0 Å². The average molecular weight is 312 g/mol. The van der Waals surface area contributed by atoms with Gasteiger partial charge in [0.05, 0.1) is 7.11 Å². The summed E-state index contributed by atoms with van der Waals surface area (Å²) in [6, 6.07) is 15.6. The largest absolute Gasteiger partial charge is 0.307 e. The van der Waals surface area contributed by atoms with Gasteiger partial charge in [-0.25, -0.2) is 5.06 Å². The molecule has 1 aliphatic carbocycles. The van der Waals surface area contributed by atoms with Gasteiger partial charge in [-0.3, -0.25) is 9.63 Å². The van der Waals surface area contributed by atoms with E-state index < -0.39 is 0 Å². The first-order valence-corrected chi connectivity index (χ1v) is 8.15. The van der Waals surface area contributed by atoms with E-state index in [-0.39, 0.29) is 17.9 Å². The van der Waals surface area contributed by atoms with Crippen LogP contribution in [0.25, 0.3) is 10.8 Å². The topological polar surface area (TPSA) is 41.6 Å². The van der Waals surface area contributed by atoms with E-state index in [1.54, 1.807) is 7.05 Å². The highest BCUT2D eigenvalue weighted by atomic mass is 16.7. The molecule has 2 aromatic rings. The predicted octanol–water partition coefficient (Wildman–Crippen LogP) is 3.29. The number of amides is 1. The fourth-order valence-corrected chi connectivity index (χ4v) is 3.37. The average Bonchev–Trinajstić information content (AvgIpc) is 2.55. The Morgan fingerprint density at radius 2 is 1.91 bits per heavy atom. The van der Waals surface area contributed by atoms with E-state index in [0.29, 0.717) is 6.04 Å². The maximum Gasteiger partial charge on any atom is 0.249 e. The van der Waals surface area contributed by atoms with E-state index in [2.05, 4.69) is 54.7 Å². The van der Waals surface area contributed by atoms with Crippen molar-refractivity contribution in [2.75, 3.05) is 14.2 Å². The highest BCUT2D eigenvalue weighted by Crippen LogP contribution is 2.32. The first-order chi connectivity index (χ1) is 11.1. The predicted molar refractivity (Wildman–Crippen MR) is 91.8 cm³/mol. The van der Waals surface area contributed by atoms with Gasteiger partial charge >= 0.3 is 0 Å². The molecule has 3 rings (SSSR count). The summed E-state index contributed by atoms with van der Waals surface area (Å²) in [6.45, 7) is 2.19. The molecule has 4 heteroatoms. The number of hydrogen-bond acceptors (Lipinski definition) is 3. The van der Waals surface area contributed by atoms with Crippen molar-refractivity contribution in [1.82, 2.24) is 10.4 Å². The lowest BCUT2D eigenvalue weighted by Gasteiger charge is -2.38. The van der Waals surface area contributed by atoms with E-state index >= 15 is 0 Å². The van der Waals surface area contributed by atoms with Crippen LogP contribution < -0.4 is 5.32 Å². The number of hydrogen-bond donors (Lipinski definition) is 1. The summed E-state index contributed by atoms with van der Waals surface area (Å²) >= 11 is 0. The Hall–Kier alpha value is -1.91. The van der Waals surface area contributed by atoms with Crippen LogP contribution in [-0.2, 0) is 9.63 Å². The molecule has 1 saturated carbocycles. The number of benzene rings is 2. The molecule has 0 aromatic heterocycles. The maximum absolute atomic E-state index is 12.0. The molecule has 4 nitrogen and oxygen atoms in total. The van der Waals surface area contributed by atoms with Crippen LogP contribution in [-0.4, -0.2) is 31.2 Å². The third-order valence-corrected chi connectivity index (χ3v) is 4.85. The Morgan fingerprint density at radius 3 is 2.65 bits per heavy atom. The minimum absolute atomic E-state index is 0.0726. The molecule has 0 saturated heterocycles. The van der Waals surface area contributed by atoms with Crippen molar-refractivity contribution in [1.29, 1.82) is 0 Å². The van der Waals surface area contributed by atoms with Gasteiger partial charge in [-0.05, 0) is 36.1 Å². The Kier molecular flexibility index (Phi) is 4.64. The van der Waals surface area contributed by atoms with E-state index in [0.717, 1.165) is 12.8 Å². The standard InChI is InChI=1S/C19H24N2O2/c1-13(17-10-6-8-14-7-4-5-9-18(14)17)20-16-11-15(12-16)19(22)21(2)23-3/h4-10,13,15-16,20H,11-12H2,1-3H3/t13-,15?,16?/m1/s1. The third kappa shape index (κ3) is 3.23. The summed E-state index contributed by atoms with van der Waals surface area (Å²) in [7, 11) is 3.19. The highest BCUT2D eigenvalue weighted by molar-refractivity contribution is 5.86. The number of rotatable bonds is 5. The van der Waals surface area contributed by atoms with E-state index in [1.807, 2.05) is 0 Å². The molecule has 1 fully saturated rings. The lowest BCUT2D eigenvalue weighted by Crippen LogP contribution is -2.48. The van der Waals surface area contributed by atoms with Gasteiger partial charge in [-0.2, -0.15) is 0 Å². The first-order valence-electron chi connectivity index (χ1n) is 8.15. The summed E-state index contributed by atoms with van der Waals surface area (Å²) in [5, 5.41) is 7.54. The van der Waals surface area contributed by atoms with Crippen molar-refractivity contribution in [3.05, 3.63) is 48.0 Å². The molecule has 23 heavy (non-hydrogen) atoms. The number of carbonyl (C=O) groups excluding carboxylic acids is 1. The van der Waals surface area contributed by atoms with Crippen LogP contribution in [0, 0.1) is 5.92 Å². The van der Waals surface area contributed by atoms with Gasteiger partial charge in [0.2, 0.25) is 5.91 Å². The molecule has 1 amide bonds. The van der Waals surface area contributed by atoms with E-state index in [4.69, 9.17) is 4.84 Å². The molecule has 0 aliphatic heterocycles. The fraction of sp³-hybridized carbons (Fsp3) is 0.421. The van der Waals surface area contributed by atoms with Crippen molar-refractivity contribution in [2.24, 2.45) is 5.92 Å². The Labute approximate surface area is 137 Å². The monoisotopic (exact) mass is 312 g/mol. The second kappa shape index (κ2) is 6.69. The molecule has 0 heterocycles. The van der Waals surface area contributed by atoms with Gasteiger partial charge in [0.25, 0.3) is 0 Å². The second-order valence-electron chi connectivity index (χ2n) is 6.34. The second-order valence-corrected chi connectivity index (χ2v) is 6.34. The van der Waals surface area contributed by atoms with Gasteiger partial charge in [0, 0.05) is 25.0 Å². The third-order valence-electron chi connectivity index (χ3n) is 4.85. The molecule has 1 N–H and O–H groups in total. The molecule has 0 unspecified atom stereocenters. The summed E-state index contributed by atoms with van der Waals surface area (Å²) in [4.78, 5) is 17.0. The zero-order valence-electron chi connectivity index (χ0n) is 14.0. The zero-order valence-corrected chi connectivity index (χ0v) is 14.0. The fourth-order valence-electron chi connectivity index (χ4n) is 3.37. The van der Waals surface area contributed by atoms with Gasteiger partial charge < -0.3 is 5.32 Å². The highest BCUT2D eigenvalue weighted by Gasteiger charge is 2.36. The zero-order chi connectivity index (χ0) is 16.4. The normalized spacial score (nSPS) is 21.7. The van der Waals surface area contributed by atoms with Crippen LogP contribution in [0.3, 0.4) is 0 Å². The molecule has 1 atom stereocenters. The Bertz CT molecular complexity index is 689. The summed E-state index contributed by atoms with van der Waals surface area (Å²) < 4.78 is 0. The van der Waals surface area contributed by atoms with Crippen LogP contribution in [0.1, 0.15) is 31.4 Å².